The van der Waals surface area contributed by atoms with Gasteiger partial charge in [0.25, 0.3) is 0 Å². The molecule has 0 spiro atoms. The second-order valence-corrected chi connectivity index (χ2v) is 5.20. The summed E-state index contributed by atoms with van der Waals surface area (Å²) in [5, 5.41) is 10.2. The van der Waals surface area contributed by atoms with Gasteiger partial charge in [-0.15, -0.1) is 0 Å². The minimum absolute atomic E-state index is 0.246. The topological polar surface area (TPSA) is 20.2 Å². The Hall–Kier alpha value is -0.410. The highest BCUT2D eigenvalue weighted by Gasteiger charge is 2.31. The number of hydrogen-bond acceptors (Lipinski definition) is 1. The van der Waals surface area contributed by atoms with Crippen LogP contribution in [-0.4, -0.2) is 10.7 Å². The summed E-state index contributed by atoms with van der Waals surface area (Å²) in [5.41, 5.74) is 0.418. The smallest absolute Gasteiger partial charge is 0.124 e. The molecule has 0 radical (unpaired) electrons. The van der Waals surface area contributed by atoms with Crippen LogP contribution in [0.3, 0.4) is 0 Å². The van der Waals surface area contributed by atoms with E-state index in [1.54, 1.807) is 6.07 Å². The van der Waals surface area contributed by atoms with Crippen molar-refractivity contribution in [1.29, 1.82) is 0 Å². The molecule has 0 heterocycles. The van der Waals surface area contributed by atoms with Crippen LogP contribution in [0.15, 0.2) is 22.7 Å². The number of benzene rings is 1. The van der Waals surface area contributed by atoms with Gasteiger partial charge in [-0.25, -0.2) is 4.39 Å². The van der Waals surface area contributed by atoms with E-state index in [9.17, 15) is 9.50 Å². The van der Waals surface area contributed by atoms with Crippen molar-refractivity contribution in [2.75, 3.05) is 0 Å². The summed E-state index contributed by atoms with van der Waals surface area (Å²) in [4.78, 5) is 0. The molecule has 0 amide bonds. The zero-order valence-corrected chi connectivity index (χ0v) is 10.1. The summed E-state index contributed by atoms with van der Waals surface area (Å²) in [6.07, 6.45) is 4.52. The average molecular weight is 273 g/mol. The zero-order chi connectivity index (χ0) is 10.9. The van der Waals surface area contributed by atoms with E-state index < -0.39 is 5.60 Å². The fraction of sp³-hybridized carbons (Fsp3) is 0.500. The van der Waals surface area contributed by atoms with E-state index in [0.29, 0.717) is 6.42 Å². The molecular weight excluding hydrogens is 259 g/mol. The van der Waals surface area contributed by atoms with Crippen molar-refractivity contribution >= 4 is 15.9 Å². The van der Waals surface area contributed by atoms with Crippen molar-refractivity contribution in [2.24, 2.45) is 0 Å². The highest BCUT2D eigenvalue weighted by atomic mass is 79.9. The van der Waals surface area contributed by atoms with Gasteiger partial charge in [-0.1, -0.05) is 34.8 Å². The van der Waals surface area contributed by atoms with E-state index in [2.05, 4.69) is 15.9 Å². The maximum atomic E-state index is 12.9. The third-order valence-corrected chi connectivity index (χ3v) is 3.81. The van der Waals surface area contributed by atoms with E-state index >= 15 is 0 Å². The molecule has 0 atom stereocenters. The first-order valence-electron chi connectivity index (χ1n) is 5.25. The van der Waals surface area contributed by atoms with Gasteiger partial charge in [0.15, 0.2) is 0 Å². The highest BCUT2D eigenvalue weighted by molar-refractivity contribution is 9.10. The molecule has 3 heteroatoms. The lowest BCUT2D eigenvalue weighted by molar-refractivity contribution is 0.0480. The summed E-state index contributed by atoms with van der Waals surface area (Å²) in [7, 11) is 0. The molecule has 82 valence electrons. The third-order valence-electron chi connectivity index (χ3n) is 3.07. The first-order valence-corrected chi connectivity index (χ1v) is 6.05. The van der Waals surface area contributed by atoms with Crippen LogP contribution in [0.1, 0.15) is 31.2 Å². The van der Waals surface area contributed by atoms with Crippen LogP contribution in [-0.2, 0) is 6.42 Å². The minimum atomic E-state index is -0.569. The molecule has 1 aliphatic carbocycles. The molecule has 1 fully saturated rings. The van der Waals surface area contributed by atoms with E-state index in [1.165, 1.54) is 12.1 Å². The van der Waals surface area contributed by atoms with Crippen LogP contribution in [0.25, 0.3) is 0 Å². The normalized spacial score (nSPS) is 19.4. The second-order valence-electron chi connectivity index (χ2n) is 4.34. The molecule has 0 unspecified atom stereocenters. The van der Waals surface area contributed by atoms with E-state index in [4.69, 9.17) is 0 Å². The Morgan fingerprint density at radius 1 is 1.33 bits per heavy atom. The standard InChI is InChI=1S/C12H14BrFO/c13-11-7-10(14)4-3-9(11)8-12(15)5-1-2-6-12/h3-4,7,15H,1-2,5-6,8H2. The molecule has 0 bridgehead atoms. The van der Waals surface area contributed by atoms with E-state index in [-0.39, 0.29) is 5.82 Å². The summed E-state index contributed by atoms with van der Waals surface area (Å²) in [5.74, 6) is -0.246. The monoisotopic (exact) mass is 272 g/mol. The van der Waals surface area contributed by atoms with Gasteiger partial charge in [0.05, 0.1) is 5.60 Å². The van der Waals surface area contributed by atoms with Gasteiger partial charge in [0, 0.05) is 10.9 Å². The van der Waals surface area contributed by atoms with Gasteiger partial charge in [-0.2, -0.15) is 0 Å². The number of rotatable bonds is 2. The van der Waals surface area contributed by atoms with Gasteiger partial charge in [0.2, 0.25) is 0 Å². The maximum Gasteiger partial charge on any atom is 0.124 e. The van der Waals surface area contributed by atoms with Crippen molar-refractivity contribution in [1.82, 2.24) is 0 Å². The molecule has 0 aliphatic heterocycles. The molecule has 15 heavy (non-hydrogen) atoms. The van der Waals surface area contributed by atoms with Gasteiger partial charge in [0.1, 0.15) is 5.82 Å². The fourth-order valence-electron chi connectivity index (χ4n) is 2.23. The molecule has 0 aromatic heterocycles. The molecule has 1 aromatic rings. The molecule has 2 rings (SSSR count). The lowest BCUT2D eigenvalue weighted by Gasteiger charge is -2.22. The van der Waals surface area contributed by atoms with Crippen LogP contribution < -0.4 is 0 Å². The van der Waals surface area contributed by atoms with E-state index in [1.807, 2.05) is 0 Å². The van der Waals surface area contributed by atoms with Crippen molar-refractivity contribution in [3.8, 4) is 0 Å². The first kappa shape index (κ1) is 11.1. The van der Waals surface area contributed by atoms with Crippen LogP contribution in [0, 0.1) is 5.82 Å². The average Bonchev–Trinajstić information content (AvgIpc) is 2.58. The van der Waals surface area contributed by atoms with Crippen LogP contribution in [0.5, 0.6) is 0 Å². The van der Waals surface area contributed by atoms with Crippen LogP contribution >= 0.6 is 15.9 Å². The Kier molecular flexibility index (Phi) is 3.12. The summed E-state index contributed by atoms with van der Waals surface area (Å²) in [6, 6.07) is 4.64. The Morgan fingerprint density at radius 2 is 2.00 bits per heavy atom. The third kappa shape index (κ3) is 2.58. The predicted octanol–water partition coefficient (Wildman–Crippen LogP) is 3.44. The molecule has 1 aromatic carbocycles. The van der Waals surface area contributed by atoms with Gasteiger partial charge < -0.3 is 5.11 Å². The van der Waals surface area contributed by atoms with Crippen molar-refractivity contribution in [3.63, 3.8) is 0 Å². The first-order chi connectivity index (χ1) is 7.09. The van der Waals surface area contributed by atoms with Gasteiger partial charge in [-0.3, -0.25) is 0 Å². The Balaban J connectivity index is 2.16. The van der Waals surface area contributed by atoms with Gasteiger partial charge in [-0.05, 0) is 30.5 Å². The second kappa shape index (κ2) is 4.22. The summed E-state index contributed by atoms with van der Waals surface area (Å²) < 4.78 is 13.6. The van der Waals surface area contributed by atoms with Crippen molar-refractivity contribution in [2.45, 2.75) is 37.7 Å². The summed E-state index contributed by atoms with van der Waals surface area (Å²) >= 11 is 3.33. The molecule has 1 nitrogen and oxygen atoms in total. The molecule has 1 N–H and O–H groups in total. The number of halogens is 2. The lowest BCUT2D eigenvalue weighted by Crippen LogP contribution is -2.27. The van der Waals surface area contributed by atoms with Crippen molar-refractivity contribution < 1.29 is 9.50 Å². The highest BCUT2D eigenvalue weighted by Crippen LogP contribution is 2.34. The molecule has 0 saturated heterocycles. The maximum absolute atomic E-state index is 12.9. The van der Waals surface area contributed by atoms with Crippen LogP contribution in [0.4, 0.5) is 4.39 Å². The number of aliphatic hydroxyl groups is 1. The fourth-order valence-corrected chi connectivity index (χ4v) is 2.72. The Bertz CT molecular complexity index is 359. The molecular formula is C12H14BrFO. The SMILES string of the molecule is OC1(Cc2ccc(F)cc2Br)CCCC1. The van der Waals surface area contributed by atoms with Crippen LogP contribution in [0.2, 0.25) is 0 Å². The Morgan fingerprint density at radius 3 is 2.60 bits per heavy atom. The zero-order valence-electron chi connectivity index (χ0n) is 8.47. The lowest BCUT2D eigenvalue weighted by atomic mass is 9.93. The minimum Gasteiger partial charge on any atom is -0.390 e. The molecule has 1 aliphatic rings. The summed E-state index contributed by atoms with van der Waals surface area (Å²) in [6.45, 7) is 0. The van der Waals surface area contributed by atoms with E-state index in [0.717, 1.165) is 35.7 Å². The number of hydrogen-bond donors (Lipinski definition) is 1. The van der Waals surface area contributed by atoms with Crippen molar-refractivity contribution in [3.05, 3.63) is 34.1 Å². The van der Waals surface area contributed by atoms with Gasteiger partial charge >= 0.3 is 0 Å². The quantitative estimate of drug-likeness (QED) is 0.875. The molecule has 1 saturated carbocycles. The largest absolute Gasteiger partial charge is 0.390 e. The predicted molar refractivity (Wildman–Crippen MR) is 61.2 cm³/mol. The Labute approximate surface area is 97.4 Å².